The summed E-state index contributed by atoms with van der Waals surface area (Å²) in [5.41, 5.74) is -0.120. The molecule has 0 aliphatic heterocycles. The summed E-state index contributed by atoms with van der Waals surface area (Å²) in [6.45, 7) is 3.14. The molecule has 0 aromatic heterocycles. The number of ketones is 1. The number of Topliss-reactive ketones (excluding diaryl/α,β-unsaturated/α-hetero) is 1. The first kappa shape index (κ1) is 15.9. The molecule has 110 valence electrons. The first-order chi connectivity index (χ1) is 9.42. The molecule has 0 bridgehead atoms. The van der Waals surface area contributed by atoms with Crippen molar-refractivity contribution in [3.05, 3.63) is 23.8 Å². The fraction of sp³-hybridized carbons (Fsp3) is 0.429. The van der Waals surface area contributed by atoms with Crippen molar-refractivity contribution < 1.29 is 28.2 Å². The van der Waals surface area contributed by atoms with Crippen molar-refractivity contribution in [2.45, 2.75) is 26.1 Å². The van der Waals surface area contributed by atoms with Gasteiger partial charge in [-0.05, 0) is 26.0 Å². The van der Waals surface area contributed by atoms with Gasteiger partial charge in [0.2, 0.25) is 5.78 Å². The molecule has 1 aromatic carbocycles. The number of methoxy groups -OCH3 is 2. The molecule has 1 aromatic rings. The maximum Gasteiger partial charge on any atom is 0.349 e. The lowest BCUT2D eigenvalue weighted by atomic mass is 10.0. The van der Waals surface area contributed by atoms with Gasteiger partial charge < -0.3 is 14.2 Å². The Morgan fingerprint density at radius 3 is 2.00 bits per heavy atom. The average Bonchev–Trinajstić information content (AvgIpc) is 2.43. The van der Waals surface area contributed by atoms with E-state index in [9.17, 15) is 14.0 Å². The highest BCUT2D eigenvalue weighted by Crippen LogP contribution is 2.30. The van der Waals surface area contributed by atoms with Gasteiger partial charge in [-0.1, -0.05) is 6.07 Å². The fourth-order valence-electron chi connectivity index (χ4n) is 1.62. The van der Waals surface area contributed by atoms with Crippen LogP contribution in [0.5, 0.6) is 11.5 Å². The van der Waals surface area contributed by atoms with E-state index in [4.69, 9.17) is 9.47 Å². The summed E-state index contributed by atoms with van der Waals surface area (Å²) < 4.78 is 28.6. The van der Waals surface area contributed by atoms with E-state index in [1.165, 1.54) is 26.4 Å². The maximum absolute atomic E-state index is 13.9. The van der Waals surface area contributed by atoms with E-state index in [1.54, 1.807) is 19.9 Å². The van der Waals surface area contributed by atoms with E-state index in [2.05, 4.69) is 4.74 Å². The fourth-order valence-corrected chi connectivity index (χ4v) is 1.62. The molecular weight excluding hydrogens is 267 g/mol. The number of carbonyl (C=O) groups excluding carboxylic acids is 2. The molecule has 0 N–H and O–H groups in total. The molecule has 5 nitrogen and oxygen atoms in total. The van der Waals surface area contributed by atoms with Crippen LogP contribution in [0.1, 0.15) is 24.2 Å². The Balaban J connectivity index is 3.11. The van der Waals surface area contributed by atoms with Gasteiger partial charge in [0.25, 0.3) is 6.17 Å². The van der Waals surface area contributed by atoms with Crippen LogP contribution in [0.2, 0.25) is 0 Å². The van der Waals surface area contributed by atoms with Crippen molar-refractivity contribution in [1.82, 2.24) is 0 Å². The molecule has 0 radical (unpaired) electrons. The van der Waals surface area contributed by atoms with Crippen molar-refractivity contribution in [2.24, 2.45) is 0 Å². The van der Waals surface area contributed by atoms with Gasteiger partial charge in [0, 0.05) is 0 Å². The Bertz CT molecular complexity index is 476. The van der Waals surface area contributed by atoms with E-state index in [-0.39, 0.29) is 17.1 Å². The molecule has 1 rings (SSSR count). The molecule has 0 spiro atoms. The zero-order valence-electron chi connectivity index (χ0n) is 11.8. The van der Waals surface area contributed by atoms with E-state index in [1.807, 2.05) is 0 Å². The summed E-state index contributed by atoms with van der Waals surface area (Å²) in [5, 5.41) is 0. The number of rotatable bonds is 6. The van der Waals surface area contributed by atoms with Crippen LogP contribution in [-0.2, 0) is 9.53 Å². The van der Waals surface area contributed by atoms with Gasteiger partial charge in [-0.15, -0.1) is 0 Å². The molecule has 1 atom stereocenters. The van der Waals surface area contributed by atoms with Crippen LogP contribution in [0.15, 0.2) is 18.2 Å². The summed E-state index contributed by atoms with van der Waals surface area (Å²) >= 11 is 0. The number of hydrogen-bond donors (Lipinski definition) is 0. The Morgan fingerprint density at radius 1 is 1.10 bits per heavy atom. The normalized spacial score (nSPS) is 11.9. The molecule has 0 aliphatic carbocycles. The van der Waals surface area contributed by atoms with Crippen LogP contribution in [0.25, 0.3) is 0 Å². The van der Waals surface area contributed by atoms with Crippen molar-refractivity contribution >= 4 is 11.8 Å². The highest BCUT2D eigenvalue weighted by molar-refractivity contribution is 6.13. The number of hydrogen-bond acceptors (Lipinski definition) is 5. The Labute approximate surface area is 116 Å². The molecular formula is C14H17FO5. The number of benzene rings is 1. The largest absolute Gasteiger partial charge is 0.496 e. The zero-order chi connectivity index (χ0) is 15.3. The van der Waals surface area contributed by atoms with Crippen LogP contribution in [-0.4, -0.2) is 38.2 Å². The van der Waals surface area contributed by atoms with E-state index >= 15 is 0 Å². The second kappa shape index (κ2) is 6.88. The standard InChI is InChI=1S/C14H17FO5/c1-8(2)20-14(17)12(15)13(16)11-9(18-3)6-5-7-10(11)19-4/h5-8,12H,1-4H3. The van der Waals surface area contributed by atoms with Crippen molar-refractivity contribution in [1.29, 1.82) is 0 Å². The first-order valence-electron chi connectivity index (χ1n) is 6.02. The van der Waals surface area contributed by atoms with Crippen LogP contribution in [0.3, 0.4) is 0 Å². The van der Waals surface area contributed by atoms with E-state index in [0.717, 1.165) is 0 Å². The Kier molecular flexibility index (Phi) is 5.49. The Morgan fingerprint density at radius 2 is 1.60 bits per heavy atom. The highest BCUT2D eigenvalue weighted by Gasteiger charge is 2.33. The average molecular weight is 284 g/mol. The first-order valence-corrected chi connectivity index (χ1v) is 6.02. The maximum atomic E-state index is 13.9. The molecule has 0 heterocycles. The third kappa shape index (κ3) is 3.46. The molecule has 0 aliphatic rings. The van der Waals surface area contributed by atoms with Crippen molar-refractivity contribution in [3.63, 3.8) is 0 Å². The summed E-state index contributed by atoms with van der Waals surface area (Å²) in [6, 6.07) is 4.56. The third-order valence-corrected chi connectivity index (χ3v) is 2.46. The number of esters is 1. The monoisotopic (exact) mass is 284 g/mol. The zero-order valence-corrected chi connectivity index (χ0v) is 11.8. The second-order valence-electron chi connectivity index (χ2n) is 4.25. The predicted molar refractivity (Wildman–Crippen MR) is 70.0 cm³/mol. The highest BCUT2D eigenvalue weighted by atomic mass is 19.1. The topological polar surface area (TPSA) is 61.8 Å². The Hall–Kier alpha value is -2.11. The quantitative estimate of drug-likeness (QED) is 0.455. The number of alkyl halides is 1. The van der Waals surface area contributed by atoms with Crippen molar-refractivity contribution in [3.8, 4) is 11.5 Å². The van der Waals surface area contributed by atoms with Gasteiger partial charge in [0.15, 0.2) is 0 Å². The van der Waals surface area contributed by atoms with Gasteiger partial charge in [-0.3, -0.25) is 4.79 Å². The molecule has 6 heteroatoms. The predicted octanol–water partition coefficient (Wildman–Crippen LogP) is 2.18. The number of halogens is 1. The lowest BCUT2D eigenvalue weighted by Crippen LogP contribution is -2.30. The summed E-state index contributed by atoms with van der Waals surface area (Å²) in [6.07, 6.45) is -2.92. The molecule has 20 heavy (non-hydrogen) atoms. The molecule has 0 fully saturated rings. The van der Waals surface area contributed by atoms with Gasteiger partial charge >= 0.3 is 5.97 Å². The van der Waals surface area contributed by atoms with Crippen LogP contribution in [0.4, 0.5) is 4.39 Å². The number of ether oxygens (including phenoxy) is 3. The molecule has 1 unspecified atom stereocenters. The molecule has 0 saturated carbocycles. The third-order valence-electron chi connectivity index (χ3n) is 2.46. The van der Waals surface area contributed by atoms with Crippen molar-refractivity contribution in [2.75, 3.05) is 14.2 Å². The summed E-state index contributed by atoms with van der Waals surface area (Å²) in [7, 11) is 2.68. The summed E-state index contributed by atoms with van der Waals surface area (Å²) in [4.78, 5) is 23.6. The minimum absolute atomic E-state index is 0.120. The van der Waals surface area contributed by atoms with Crippen LogP contribution in [0, 0.1) is 0 Å². The summed E-state index contributed by atoms with van der Waals surface area (Å²) in [5.74, 6) is -2.01. The van der Waals surface area contributed by atoms with Gasteiger partial charge in [0.1, 0.15) is 17.1 Å². The second-order valence-corrected chi connectivity index (χ2v) is 4.25. The smallest absolute Gasteiger partial charge is 0.349 e. The lowest BCUT2D eigenvalue weighted by Gasteiger charge is -2.14. The van der Waals surface area contributed by atoms with Gasteiger partial charge in [-0.25, -0.2) is 9.18 Å². The van der Waals surface area contributed by atoms with Crippen LogP contribution >= 0.6 is 0 Å². The van der Waals surface area contributed by atoms with E-state index in [0.29, 0.717) is 0 Å². The molecule has 0 amide bonds. The van der Waals surface area contributed by atoms with Gasteiger partial charge in [0.05, 0.1) is 20.3 Å². The van der Waals surface area contributed by atoms with Crippen LogP contribution < -0.4 is 9.47 Å². The molecule has 0 saturated heterocycles. The lowest BCUT2D eigenvalue weighted by molar-refractivity contribution is -0.151. The minimum atomic E-state index is -2.41. The van der Waals surface area contributed by atoms with E-state index < -0.39 is 24.0 Å². The number of carbonyl (C=O) groups is 2. The van der Waals surface area contributed by atoms with Gasteiger partial charge in [-0.2, -0.15) is 0 Å². The minimum Gasteiger partial charge on any atom is -0.496 e. The SMILES string of the molecule is COc1cccc(OC)c1C(=O)C(F)C(=O)OC(C)C.